The van der Waals surface area contributed by atoms with Crippen LogP contribution in [-0.2, 0) is 6.54 Å². The molecule has 3 aliphatic heterocycles. The van der Waals surface area contributed by atoms with Crippen LogP contribution < -0.4 is 0 Å². The Morgan fingerprint density at radius 3 is 2.50 bits per heavy atom. The number of nitrogens with zero attached hydrogens (tertiary/aromatic N) is 3. The maximum absolute atomic E-state index is 10.2. The van der Waals surface area contributed by atoms with E-state index in [0.717, 1.165) is 38.6 Å². The molecule has 130 valence electrons. The highest BCUT2D eigenvalue weighted by Crippen LogP contribution is 2.42. The van der Waals surface area contributed by atoms with Gasteiger partial charge in [0.15, 0.2) is 0 Å². The minimum Gasteiger partial charge on any atom is -0.392 e. The van der Waals surface area contributed by atoms with Gasteiger partial charge in [-0.2, -0.15) is 0 Å². The fraction of sp³-hybridized carbons (Fsp3) is 0.700. The van der Waals surface area contributed by atoms with Crippen molar-refractivity contribution in [3.05, 3.63) is 35.9 Å². The normalized spacial score (nSPS) is 34.0. The lowest BCUT2D eigenvalue weighted by atomic mass is 9.79. The van der Waals surface area contributed by atoms with E-state index in [1.807, 2.05) is 0 Å². The molecule has 0 bridgehead atoms. The van der Waals surface area contributed by atoms with Gasteiger partial charge in [-0.1, -0.05) is 36.8 Å². The zero-order chi connectivity index (χ0) is 16.1. The van der Waals surface area contributed by atoms with Crippen molar-refractivity contribution in [2.45, 2.75) is 56.0 Å². The van der Waals surface area contributed by atoms with E-state index in [1.54, 1.807) is 0 Å². The van der Waals surface area contributed by atoms with Crippen LogP contribution in [0.25, 0.3) is 0 Å². The molecule has 3 saturated heterocycles. The number of aliphatic hydroxyl groups excluding tert-OH is 1. The zero-order valence-corrected chi connectivity index (χ0v) is 14.5. The number of benzene rings is 1. The van der Waals surface area contributed by atoms with Crippen LogP contribution in [0.5, 0.6) is 0 Å². The van der Waals surface area contributed by atoms with Gasteiger partial charge in [0.05, 0.1) is 11.6 Å². The molecule has 1 saturated carbocycles. The molecule has 0 aromatic heterocycles. The van der Waals surface area contributed by atoms with Crippen LogP contribution in [0.4, 0.5) is 0 Å². The van der Waals surface area contributed by atoms with Gasteiger partial charge in [0.1, 0.15) is 0 Å². The summed E-state index contributed by atoms with van der Waals surface area (Å²) in [5.41, 5.74) is 1.71. The second kappa shape index (κ2) is 5.80. The summed E-state index contributed by atoms with van der Waals surface area (Å²) < 4.78 is 0. The molecule has 1 aliphatic carbocycles. The predicted octanol–water partition coefficient (Wildman–Crippen LogP) is 1.54. The second-order valence-corrected chi connectivity index (χ2v) is 8.56. The number of β-amino-alcohol motifs (C(OH)–C–C–N with tert-alkyl or cyclic N) is 1. The fourth-order valence-corrected chi connectivity index (χ4v) is 5.48. The van der Waals surface area contributed by atoms with E-state index in [2.05, 4.69) is 45.0 Å². The molecule has 0 radical (unpaired) electrons. The molecular weight excluding hydrogens is 298 g/mol. The Balaban J connectivity index is 1.32. The average molecular weight is 327 g/mol. The van der Waals surface area contributed by atoms with Gasteiger partial charge >= 0.3 is 0 Å². The van der Waals surface area contributed by atoms with E-state index in [4.69, 9.17) is 0 Å². The third-order valence-electron chi connectivity index (χ3n) is 6.82. The number of rotatable bonds is 3. The van der Waals surface area contributed by atoms with Crippen LogP contribution in [0, 0.1) is 0 Å². The fourth-order valence-electron chi connectivity index (χ4n) is 5.48. The molecule has 1 N–H and O–H groups in total. The minimum absolute atomic E-state index is 0.124. The van der Waals surface area contributed by atoms with Crippen LogP contribution in [0.3, 0.4) is 0 Å². The Labute approximate surface area is 145 Å². The molecule has 4 fully saturated rings. The molecule has 4 aliphatic rings. The third-order valence-corrected chi connectivity index (χ3v) is 6.82. The van der Waals surface area contributed by atoms with Crippen molar-refractivity contribution in [2.24, 2.45) is 0 Å². The number of hydrogen-bond donors (Lipinski definition) is 1. The molecule has 4 heteroatoms. The highest BCUT2D eigenvalue weighted by molar-refractivity contribution is 5.18. The molecule has 0 amide bonds. The number of fused-ring (bicyclic) bond motifs is 2. The van der Waals surface area contributed by atoms with E-state index >= 15 is 0 Å². The second-order valence-electron chi connectivity index (χ2n) is 8.56. The standard InChI is InChI=1S/C20H29N3O/c24-19-9-18-11-21(10-16-5-2-1-3-6-16)13-20(23(18)12-19)14-22(15-20)17-7-4-8-17/h1-3,5-6,17-19,24H,4,7-15H2. The van der Waals surface area contributed by atoms with Crippen molar-refractivity contribution in [1.82, 2.24) is 14.7 Å². The largest absolute Gasteiger partial charge is 0.392 e. The Morgan fingerprint density at radius 1 is 1.00 bits per heavy atom. The van der Waals surface area contributed by atoms with Gasteiger partial charge < -0.3 is 5.11 Å². The van der Waals surface area contributed by atoms with Gasteiger partial charge in [-0.05, 0) is 24.8 Å². The highest BCUT2D eigenvalue weighted by atomic mass is 16.3. The van der Waals surface area contributed by atoms with E-state index in [9.17, 15) is 5.11 Å². The van der Waals surface area contributed by atoms with Crippen LogP contribution in [0.1, 0.15) is 31.2 Å². The summed E-state index contributed by atoms with van der Waals surface area (Å²) >= 11 is 0. The van der Waals surface area contributed by atoms with Gasteiger partial charge in [0, 0.05) is 51.4 Å². The van der Waals surface area contributed by atoms with Crippen LogP contribution in [-0.4, -0.2) is 76.3 Å². The molecular formula is C20H29N3O. The minimum atomic E-state index is -0.124. The average Bonchev–Trinajstić information content (AvgIpc) is 2.85. The molecule has 2 atom stereocenters. The van der Waals surface area contributed by atoms with Crippen molar-refractivity contribution in [2.75, 3.05) is 32.7 Å². The van der Waals surface area contributed by atoms with Crippen LogP contribution >= 0.6 is 0 Å². The molecule has 1 aromatic carbocycles. The summed E-state index contributed by atoms with van der Waals surface area (Å²) in [5, 5.41) is 10.2. The number of hydrogen-bond acceptors (Lipinski definition) is 4. The monoisotopic (exact) mass is 327 g/mol. The van der Waals surface area contributed by atoms with E-state index < -0.39 is 0 Å². The molecule has 5 rings (SSSR count). The zero-order valence-electron chi connectivity index (χ0n) is 14.5. The predicted molar refractivity (Wildman–Crippen MR) is 94.8 cm³/mol. The molecule has 24 heavy (non-hydrogen) atoms. The van der Waals surface area contributed by atoms with Crippen LogP contribution in [0.2, 0.25) is 0 Å². The lowest BCUT2D eigenvalue weighted by molar-refractivity contribution is -0.136. The molecule has 2 unspecified atom stereocenters. The van der Waals surface area contributed by atoms with E-state index in [1.165, 1.54) is 37.9 Å². The van der Waals surface area contributed by atoms with Crippen molar-refractivity contribution >= 4 is 0 Å². The smallest absolute Gasteiger partial charge is 0.0682 e. The lowest BCUT2D eigenvalue weighted by Crippen LogP contribution is -2.79. The summed E-state index contributed by atoms with van der Waals surface area (Å²) in [6, 6.07) is 12.3. The van der Waals surface area contributed by atoms with Crippen molar-refractivity contribution in [3.63, 3.8) is 0 Å². The van der Waals surface area contributed by atoms with Gasteiger partial charge in [-0.15, -0.1) is 0 Å². The SMILES string of the molecule is OC1CC2CN(Cc3ccccc3)CC3(CN(C4CCC4)C3)N2C1. The van der Waals surface area contributed by atoms with Gasteiger partial charge in [-0.3, -0.25) is 14.7 Å². The Kier molecular flexibility index (Phi) is 3.71. The van der Waals surface area contributed by atoms with Crippen molar-refractivity contribution < 1.29 is 5.11 Å². The molecule has 3 heterocycles. The molecule has 1 aromatic rings. The maximum atomic E-state index is 10.2. The first-order chi connectivity index (χ1) is 11.7. The summed E-state index contributed by atoms with van der Waals surface area (Å²) in [7, 11) is 0. The van der Waals surface area contributed by atoms with Crippen molar-refractivity contribution in [3.8, 4) is 0 Å². The van der Waals surface area contributed by atoms with Gasteiger partial charge in [-0.25, -0.2) is 0 Å². The number of likely N-dealkylation sites (tertiary alicyclic amines) is 1. The van der Waals surface area contributed by atoms with Crippen molar-refractivity contribution in [1.29, 1.82) is 0 Å². The first kappa shape index (κ1) is 15.3. The summed E-state index contributed by atoms with van der Waals surface area (Å²) in [5.74, 6) is 0. The van der Waals surface area contributed by atoms with E-state index in [-0.39, 0.29) is 6.10 Å². The number of piperazine rings is 1. The molecule has 1 spiro atoms. The Morgan fingerprint density at radius 2 is 1.79 bits per heavy atom. The first-order valence-electron chi connectivity index (χ1n) is 9.67. The van der Waals surface area contributed by atoms with Gasteiger partial charge in [0.2, 0.25) is 0 Å². The van der Waals surface area contributed by atoms with Gasteiger partial charge in [0.25, 0.3) is 0 Å². The maximum Gasteiger partial charge on any atom is 0.0682 e. The number of aliphatic hydroxyl groups is 1. The first-order valence-corrected chi connectivity index (χ1v) is 9.67. The quantitative estimate of drug-likeness (QED) is 0.912. The topological polar surface area (TPSA) is 30.0 Å². The summed E-state index contributed by atoms with van der Waals surface area (Å²) in [4.78, 5) is 8.03. The highest BCUT2D eigenvalue weighted by Gasteiger charge is 2.57. The summed E-state index contributed by atoms with van der Waals surface area (Å²) in [6.45, 7) is 6.64. The van der Waals surface area contributed by atoms with E-state index in [0.29, 0.717) is 11.6 Å². The lowest BCUT2D eigenvalue weighted by Gasteiger charge is -2.63. The summed E-state index contributed by atoms with van der Waals surface area (Å²) in [6.07, 6.45) is 5.04. The Hall–Kier alpha value is -0.940. The molecule has 4 nitrogen and oxygen atoms in total. The van der Waals surface area contributed by atoms with Crippen LogP contribution in [0.15, 0.2) is 30.3 Å². The third kappa shape index (κ3) is 2.51. The Bertz CT molecular complexity index is 582.